The molecule has 3 rings (SSSR count). The maximum absolute atomic E-state index is 13.4. The number of nitrogens with zero attached hydrogens (tertiary/aromatic N) is 3. The fourth-order valence-corrected chi connectivity index (χ4v) is 3.65. The number of allylic oxidation sites excluding steroid dienone is 2. The summed E-state index contributed by atoms with van der Waals surface area (Å²) in [7, 11) is 3.53. The van der Waals surface area contributed by atoms with Crippen LogP contribution in [-0.4, -0.2) is 34.2 Å². The lowest BCUT2D eigenvalue weighted by Crippen LogP contribution is -2.39. The molecule has 0 N–H and O–H groups in total. The minimum absolute atomic E-state index is 0.00144. The number of amides is 1. The van der Waals surface area contributed by atoms with Gasteiger partial charge in [-0.1, -0.05) is 42.5 Å². The van der Waals surface area contributed by atoms with Crippen LogP contribution in [0.2, 0.25) is 0 Å². The highest BCUT2D eigenvalue weighted by molar-refractivity contribution is 5.82. The summed E-state index contributed by atoms with van der Waals surface area (Å²) >= 11 is 0. The SMILES string of the molecule is CO[C@@H](C(=O)N(Cc1cc(C)n(C)n1)C[C@H]1CC=CCC1)c1ccccc1. The largest absolute Gasteiger partial charge is 0.367 e. The third-order valence-electron chi connectivity index (χ3n) is 5.25. The molecular weight excluding hydrogens is 338 g/mol. The highest BCUT2D eigenvalue weighted by atomic mass is 16.5. The van der Waals surface area contributed by atoms with Gasteiger partial charge in [0.2, 0.25) is 0 Å². The van der Waals surface area contributed by atoms with E-state index in [1.165, 1.54) is 0 Å². The number of benzene rings is 1. The topological polar surface area (TPSA) is 47.4 Å². The van der Waals surface area contributed by atoms with Crippen molar-refractivity contribution in [2.45, 2.75) is 38.8 Å². The highest BCUT2D eigenvalue weighted by Gasteiger charge is 2.28. The van der Waals surface area contributed by atoms with E-state index in [0.717, 1.165) is 42.8 Å². The number of carbonyl (C=O) groups excluding carboxylic acids is 1. The van der Waals surface area contributed by atoms with E-state index in [2.05, 4.69) is 17.3 Å². The summed E-state index contributed by atoms with van der Waals surface area (Å²) < 4.78 is 7.46. The van der Waals surface area contributed by atoms with E-state index >= 15 is 0 Å². The summed E-state index contributed by atoms with van der Waals surface area (Å²) in [6, 6.07) is 11.8. The molecular formula is C22H29N3O2. The summed E-state index contributed by atoms with van der Waals surface area (Å²) in [4.78, 5) is 15.3. The smallest absolute Gasteiger partial charge is 0.256 e. The molecule has 1 aromatic carbocycles. The van der Waals surface area contributed by atoms with Gasteiger partial charge in [0.15, 0.2) is 6.10 Å². The highest BCUT2D eigenvalue weighted by Crippen LogP contribution is 2.25. The first-order valence-corrected chi connectivity index (χ1v) is 9.59. The maximum Gasteiger partial charge on any atom is 0.256 e. The molecule has 0 unspecified atom stereocenters. The number of ether oxygens (including phenoxy) is 1. The number of carbonyl (C=O) groups is 1. The lowest BCUT2D eigenvalue weighted by molar-refractivity contribution is -0.144. The van der Waals surface area contributed by atoms with Crippen LogP contribution in [0.15, 0.2) is 48.6 Å². The maximum atomic E-state index is 13.4. The molecule has 1 heterocycles. The summed E-state index contributed by atoms with van der Waals surface area (Å²) in [5, 5.41) is 4.55. The van der Waals surface area contributed by atoms with Crippen LogP contribution in [0.5, 0.6) is 0 Å². The van der Waals surface area contributed by atoms with Gasteiger partial charge < -0.3 is 9.64 Å². The Hall–Kier alpha value is -2.40. The molecule has 1 aromatic heterocycles. The van der Waals surface area contributed by atoms with Crippen LogP contribution in [0.4, 0.5) is 0 Å². The first kappa shape index (κ1) is 19.4. The van der Waals surface area contributed by atoms with Crippen LogP contribution in [0.25, 0.3) is 0 Å². The van der Waals surface area contributed by atoms with Crippen LogP contribution < -0.4 is 0 Å². The molecule has 0 spiro atoms. The molecule has 0 saturated heterocycles. The first-order chi connectivity index (χ1) is 13.1. The monoisotopic (exact) mass is 367 g/mol. The zero-order chi connectivity index (χ0) is 19.2. The molecule has 27 heavy (non-hydrogen) atoms. The average Bonchev–Trinajstić information content (AvgIpc) is 3.00. The molecule has 0 radical (unpaired) electrons. The lowest BCUT2D eigenvalue weighted by atomic mass is 9.93. The molecule has 0 bridgehead atoms. The minimum atomic E-state index is -0.588. The van der Waals surface area contributed by atoms with Crippen LogP contribution in [-0.2, 0) is 23.1 Å². The van der Waals surface area contributed by atoms with Crippen molar-refractivity contribution in [3.05, 3.63) is 65.5 Å². The van der Waals surface area contributed by atoms with Crippen molar-refractivity contribution in [3.63, 3.8) is 0 Å². The number of rotatable bonds is 7. The van der Waals surface area contributed by atoms with Gasteiger partial charge in [-0.15, -0.1) is 0 Å². The van der Waals surface area contributed by atoms with Gasteiger partial charge >= 0.3 is 0 Å². The molecule has 0 saturated carbocycles. The Bertz CT molecular complexity index is 763. The molecule has 2 aromatic rings. The van der Waals surface area contributed by atoms with Crippen molar-refractivity contribution < 1.29 is 9.53 Å². The van der Waals surface area contributed by atoms with Crippen LogP contribution in [0.1, 0.15) is 42.3 Å². The molecule has 1 aliphatic rings. The number of aromatic nitrogens is 2. The van der Waals surface area contributed by atoms with Crippen molar-refractivity contribution in [2.75, 3.05) is 13.7 Å². The van der Waals surface area contributed by atoms with Crippen molar-refractivity contribution >= 4 is 5.91 Å². The molecule has 5 nitrogen and oxygen atoms in total. The molecule has 0 aliphatic heterocycles. The number of methoxy groups -OCH3 is 1. The lowest BCUT2D eigenvalue weighted by Gasteiger charge is -2.30. The van der Waals surface area contributed by atoms with Crippen molar-refractivity contribution in [1.29, 1.82) is 0 Å². The molecule has 144 valence electrons. The number of hydrogen-bond acceptors (Lipinski definition) is 3. The summed E-state index contributed by atoms with van der Waals surface area (Å²) in [5.41, 5.74) is 2.89. The summed E-state index contributed by atoms with van der Waals surface area (Å²) in [6.45, 7) is 3.26. The first-order valence-electron chi connectivity index (χ1n) is 9.59. The number of aryl methyl sites for hydroxylation is 2. The van der Waals surface area contributed by atoms with Gasteiger partial charge in [0.1, 0.15) is 0 Å². The Morgan fingerprint density at radius 1 is 1.33 bits per heavy atom. The average molecular weight is 367 g/mol. The van der Waals surface area contributed by atoms with Gasteiger partial charge in [-0.05, 0) is 43.7 Å². The van der Waals surface area contributed by atoms with E-state index in [1.54, 1.807) is 7.11 Å². The quantitative estimate of drug-likeness (QED) is 0.699. The zero-order valence-electron chi connectivity index (χ0n) is 16.5. The molecule has 1 amide bonds. The Morgan fingerprint density at radius 3 is 2.70 bits per heavy atom. The van der Waals surface area contributed by atoms with Crippen molar-refractivity contribution in [2.24, 2.45) is 13.0 Å². The van der Waals surface area contributed by atoms with Gasteiger partial charge in [-0.2, -0.15) is 5.10 Å². The fraction of sp³-hybridized carbons (Fsp3) is 0.455. The van der Waals surface area contributed by atoms with E-state index in [1.807, 2.05) is 60.0 Å². The fourth-order valence-electron chi connectivity index (χ4n) is 3.65. The van der Waals surface area contributed by atoms with E-state index in [-0.39, 0.29) is 5.91 Å². The van der Waals surface area contributed by atoms with Gasteiger partial charge in [0.05, 0.1) is 12.2 Å². The van der Waals surface area contributed by atoms with Crippen molar-refractivity contribution in [3.8, 4) is 0 Å². The van der Waals surface area contributed by atoms with E-state index in [0.29, 0.717) is 12.5 Å². The Balaban J connectivity index is 1.82. The van der Waals surface area contributed by atoms with Crippen LogP contribution in [0, 0.1) is 12.8 Å². The van der Waals surface area contributed by atoms with Crippen LogP contribution in [0.3, 0.4) is 0 Å². The molecule has 2 atom stereocenters. The molecule has 1 aliphatic carbocycles. The van der Waals surface area contributed by atoms with E-state index in [9.17, 15) is 4.79 Å². The Morgan fingerprint density at radius 2 is 2.11 bits per heavy atom. The van der Waals surface area contributed by atoms with E-state index in [4.69, 9.17) is 4.74 Å². The second-order valence-electron chi connectivity index (χ2n) is 7.30. The van der Waals surface area contributed by atoms with Gasteiger partial charge in [0, 0.05) is 26.4 Å². The second-order valence-corrected chi connectivity index (χ2v) is 7.30. The van der Waals surface area contributed by atoms with E-state index < -0.39 is 6.10 Å². The Labute approximate surface area is 161 Å². The molecule has 0 fully saturated rings. The standard InChI is InChI=1S/C22H29N3O2/c1-17-14-20(23-24(17)2)16-25(15-18-10-6-4-7-11-18)22(26)21(27-3)19-12-8-5-9-13-19/h4-6,8-9,12-14,18,21H,7,10-11,15-16H2,1-3H3/t18-,21+/m0/s1. The summed E-state index contributed by atoms with van der Waals surface area (Å²) in [6.07, 6.45) is 7.09. The second kappa shape index (κ2) is 9.00. The third kappa shape index (κ3) is 4.86. The predicted octanol–water partition coefficient (Wildman–Crippen LogP) is 3.80. The van der Waals surface area contributed by atoms with Gasteiger partial charge in [-0.3, -0.25) is 9.48 Å². The Kier molecular flexibility index (Phi) is 6.45. The van der Waals surface area contributed by atoms with Gasteiger partial charge in [0.25, 0.3) is 5.91 Å². The molecule has 5 heteroatoms. The normalized spacial score (nSPS) is 17.7. The van der Waals surface area contributed by atoms with Crippen molar-refractivity contribution in [1.82, 2.24) is 14.7 Å². The van der Waals surface area contributed by atoms with Gasteiger partial charge in [-0.25, -0.2) is 0 Å². The summed E-state index contributed by atoms with van der Waals surface area (Å²) in [5.74, 6) is 0.485. The number of hydrogen-bond donors (Lipinski definition) is 0. The van der Waals surface area contributed by atoms with Crippen LogP contribution >= 0.6 is 0 Å². The minimum Gasteiger partial charge on any atom is -0.367 e. The zero-order valence-corrected chi connectivity index (χ0v) is 16.5. The third-order valence-corrected chi connectivity index (χ3v) is 5.25. The predicted molar refractivity (Wildman–Crippen MR) is 106 cm³/mol.